The van der Waals surface area contributed by atoms with Crippen LogP contribution in [0.25, 0.3) is 0 Å². The third-order valence-corrected chi connectivity index (χ3v) is 9.27. The number of piperidine rings is 1. The molecule has 0 spiro atoms. The van der Waals surface area contributed by atoms with Gasteiger partial charge in [-0.15, -0.1) is 20.4 Å². The van der Waals surface area contributed by atoms with Crippen molar-refractivity contribution in [3.63, 3.8) is 0 Å². The van der Waals surface area contributed by atoms with Crippen molar-refractivity contribution >= 4 is 11.4 Å². The van der Waals surface area contributed by atoms with E-state index in [-0.39, 0.29) is 40.8 Å². The molecular formula is C30H41N9O3. The summed E-state index contributed by atoms with van der Waals surface area (Å²) in [7, 11) is 3.86. The Kier molecular flexibility index (Phi) is 8.09. The number of H-pyrrole nitrogens is 1. The summed E-state index contributed by atoms with van der Waals surface area (Å²) >= 11 is 0. The average molecular weight is 576 g/mol. The third-order valence-electron chi connectivity index (χ3n) is 9.27. The van der Waals surface area contributed by atoms with Gasteiger partial charge in [-0.05, 0) is 89.1 Å². The second-order valence-corrected chi connectivity index (χ2v) is 12.4. The molecule has 12 nitrogen and oxygen atoms in total. The summed E-state index contributed by atoms with van der Waals surface area (Å²) in [5.41, 5.74) is 2.27. The zero-order valence-corrected chi connectivity index (χ0v) is 24.7. The molecule has 42 heavy (non-hydrogen) atoms. The Bertz CT molecular complexity index is 1490. The zero-order chi connectivity index (χ0) is 29.4. The smallest absolute Gasteiger partial charge is 0.281 e. The first-order valence-electron chi connectivity index (χ1n) is 15.1. The molecule has 3 heterocycles. The van der Waals surface area contributed by atoms with Crippen LogP contribution < -0.4 is 5.56 Å². The highest BCUT2D eigenvalue weighted by Crippen LogP contribution is 2.45. The van der Waals surface area contributed by atoms with Crippen LogP contribution in [0.2, 0.25) is 0 Å². The Morgan fingerprint density at radius 2 is 1.79 bits per heavy atom. The normalized spacial score (nSPS) is 22.4. The van der Waals surface area contributed by atoms with Crippen LogP contribution in [0.4, 0.5) is 11.4 Å². The molecule has 1 aromatic carbocycles. The van der Waals surface area contributed by atoms with Gasteiger partial charge in [0.15, 0.2) is 17.4 Å². The van der Waals surface area contributed by atoms with E-state index in [4.69, 9.17) is 0 Å². The van der Waals surface area contributed by atoms with Crippen molar-refractivity contribution in [2.24, 2.45) is 10.2 Å². The number of hydrogen-bond acceptors (Lipinski definition) is 10. The minimum absolute atomic E-state index is 0.0216. The van der Waals surface area contributed by atoms with Gasteiger partial charge in [0.25, 0.3) is 5.56 Å². The molecule has 6 rings (SSSR count). The van der Waals surface area contributed by atoms with Gasteiger partial charge in [0, 0.05) is 43.2 Å². The van der Waals surface area contributed by atoms with Gasteiger partial charge >= 0.3 is 0 Å². The van der Waals surface area contributed by atoms with Crippen molar-refractivity contribution in [2.45, 2.75) is 88.8 Å². The molecule has 2 aromatic heterocycles. The van der Waals surface area contributed by atoms with E-state index in [9.17, 15) is 15.0 Å². The van der Waals surface area contributed by atoms with Gasteiger partial charge in [-0.3, -0.25) is 9.36 Å². The molecule has 1 saturated heterocycles. The second kappa shape index (κ2) is 11.9. The van der Waals surface area contributed by atoms with Crippen LogP contribution in [-0.2, 0) is 6.54 Å². The van der Waals surface area contributed by atoms with Crippen molar-refractivity contribution < 1.29 is 10.2 Å². The number of nitrogens with one attached hydrogen (secondary N) is 1. The van der Waals surface area contributed by atoms with Crippen LogP contribution in [0.15, 0.2) is 33.2 Å². The maximum Gasteiger partial charge on any atom is 0.281 e. The SMILES string of the molecule is Cc1c(CN(C)C)c(O)n(C2CCN(C3CC3)CC2)c(=O)c1N=Nc1cccc(C2CCCC(c3nn[nH]n3)C2)c1O. The number of likely N-dealkylation sites (tertiary alicyclic amines) is 1. The van der Waals surface area contributed by atoms with E-state index in [2.05, 4.69) is 35.8 Å². The van der Waals surface area contributed by atoms with Gasteiger partial charge in [0.2, 0.25) is 0 Å². The number of phenolic OH excluding ortho intramolecular Hbond substituents is 1. The van der Waals surface area contributed by atoms with E-state index >= 15 is 0 Å². The maximum atomic E-state index is 13.9. The topological polar surface area (TPSA) is 148 Å². The van der Waals surface area contributed by atoms with Gasteiger partial charge < -0.3 is 20.0 Å². The van der Waals surface area contributed by atoms with Crippen molar-refractivity contribution in [1.82, 2.24) is 35.0 Å². The summed E-state index contributed by atoms with van der Waals surface area (Å²) in [4.78, 5) is 18.4. The van der Waals surface area contributed by atoms with E-state index in [1.165, 1.54) is 12.8 Å². The average Bonchev–Trinajstić information content (AvgIpc) is 3.69. The van der Waals surface area contributed by atoms with Crippen molar-refractivity contribution in [2.75, 3.05) is 27.2 Å². The van der Waals surface area contributed by atoms with Crippen LogP contribution >= 0.6 is 0 Å². The summed E-state index contributed by atoms with van der Waals surface area (Å²) in [6, 6.07) is 6.10. The standard InChI is InChI=1S/C30H41N9O3/c1-18-24(17-37(2)3)29(41)39(22-12-14-38(15-13-22)21-10-11-21)30(42)26(18)32-31-25-9-5-8-23(27(25)40)19-6-4-7-20(16-19)28-33-35-36-34-28/h5,8-9,19-22,40-41H,4,6-7,10-17H2,1-3H3,(H,33,34,35,36). The Morgan fingerprint density at radius 3 is 2.48 bits per heavy atom. The molecule has 12 heteroatoms. The lowest BCUT2D eigenvalue weighted by molar-refractivity contribution is 0.170. The number of phenols is 1. The van der Waals surface area contributed by atoms with Gasteiger partial charge in [0.1, 0.15) is 11.4 Å². The number of para-hydroxylation sites is 1. The molecule has 2 aliphatic carbocycles. The Hall–Kier alpha value is -3.64. The number of aromatic hydroxyl groups is 2. The van der Waals surface area contributed by atoms with Gasteiger partial charge in [0.05, 0.1) is 0 Å². The third kappa shape index (κ3) is 5.69. The van der Waals surface area contributed by atoms with E-state index < -0.39 is 0 Å². The molecule has 3 fully saturated rings. The Labute approximate surface area is 245 Å². The largest absolute Gasteiger partial charge is 0.505 e. The minimum atomic E-state index is -0.341. The van der Waals surface area contributed by atoms with Gasteiger partial charge in [-0.1, -0.05) is 23.8 Å². The number of hydrogen-bond donors (Lipinski definition) is 3. The number of pyridine rings is 1. The molecule has 224 valence electrons. The number of nitrogens with zero attached hydrogens (tertiary/aromatic N) is 8. The van der Waals surface area contributed by atoms with Crippen LogP contribution in [0.5, 0.6) is 11.6 Å². The summed E-state index contributed by atoms with van der Waals surface area (Å²) in [6.45, 7) is 4.12. The lowest BCUT2D eigenvalue weighted by Crippen LogP contribution is -2.39. The van der Waals surface area contributed by atoms with E-state index in [0.29, 0.717) is 35.2 Å². The summed E-state index contributed by atoms with van der Waals surface area (Å²) in [5.74, 6) is 1.11. The molecule has 0 amide bonds. The molecular weight excluding hydrogens is 534 g/mol. The fourth-order valence-electron chi connectivity index (χ4n) is 6.85. The van der Waals surface area contributed by atoms with Crippen molar-refractivity contribution in [1.29, 1.82) is 0 Å². The van der Waals surface area contributed by atoms with Crippen molar-refractivity contribution in [3.8, 4) is 11.6 Å². The number of benzene rings is 1. The van der Waals surface area contributed by atoms with E-state index in [0.717, 1.165) is 57.2 Å². The van der Waals surface area contributed by atoms with Crippen LogP contribution in [0.1, 0.15) is 91.8 Å². The summed E-state index contributed by atoms with van der Waals surface area (Å²) in [5, 5.41) is 46.1. The first-order chi connectivity index (χ1) is 20.3. The number of tetrazole rings is 1. The number of rotatable bonds is 8. The lowest BCUT2D eigenvalue weighted by atomic mass is 9.77. The van der Waals surface area contributed by atoms with Gasteiger partial charge in [-0.2, -0.15) is 5.21 Å². The predicted octanol–water partition coefficient (Wildman–Crippen LogP) is 4.80. The van der Waals surface area contributed by atoms with Crippen LogP contribution in [0.3, 0.4) is 0 Å². The zero-order valence-electron chi connectivity index (χ0n) is 24.7. The highest BCUT2D eigenvalue weighted by atomic mass is 16.3. The molecule has 3 aliphatic rings. The van der Waals surface area contributed by atoms with Gasteiger partial charge in [-0.25, -0.2) is 0 Å². The molecule has 2 unspecified atom stereocenters. The molecule has 3 aromatic rings. The van der Waals surface area contributed by atoms with Crippen LogP contribution in [0, 0.1) is 6.92 Å². The lowest BCUT2D eigenvalue weighted by Gasteiger charge is -2.34. The first kappa shape index (κ1) is 28.5. The number of aromatic nitrogens is 5. The number of azo groups is 1. The number of aromatic amines is 1. The highest BCUT2D eigenvalue weighted by molar-refractivity contribution is 5.57. The fourth-order valence-corrected chi connectivity index (χ4v) is 6.85. The predicted molar refractivity (Wildman–Crippen MR) is 158 cm³/mol. The summed E-state index contributed by atoms with van der Waals surface area (Å²) in [6.07, 6.45) is 7.85. The minimum Gasteiger partial charge on any atom is -0.505 e. The second-order valence-electron chi connectivity index (χ2n) is 12.4. The fraction of sp³-hybridized carbons (Fsp3) is 0.600. The summed E-state index contributed by atoms with van der Waals surface area (Å²) < 4.78 is 1.54. The Morgan fingerprint density at radius 1 is 1.02 bits per heavy atom. The molecule has 1 aliphatic heterocycles. The molecule has 3 N–H and O–H groups in total. The molecule has 2 saturated carbocycles. The van der Waals surface area contributed by atoms with E-state index in [1.54, 1.807) is 10.6 Å². The quantitative estimate of drug-likeness (QED) is 0.325. The van der Waals surface area contributed by atoms with Crippen molar-refractivity contribution in [3.05, 3.63) is 51.1 Å². The monoisotopic (exact) mass is 575 g/mol. The molecule has 0 radical (unpaired) electrons. The Balaban J connectivity index is 1.31. The maximum absolute atomic E-state index is 13.9. The molecule has 0 bridgehead atoms. The van der Waals surface area contributed by atoms with Crippen LogP contribution in [-0.4, -0.2) is 78.4 Å². The van der Waals surface area contributed by atoms with E-state index in [1.807, 2.05) is 38.1 Å². The first-order valence-corrected chi connectivity index (χ1v) is 15.1. The molecule has 2 atom stereocenters. The highest BCUT2D eigenvalue weighted by Gasteiger charge is 2.34.